The van der Waals surface area contributed by atoms with Crippen LogP contribution in [0.15, 0.2) is 30.5 Å². The van der Waals surface area contributed by atoms with E-state index in [-0.39, 0.29) is 11.6 Å². The highest BCUT2D eigenvalue weighted by Gasteiger charge is 2.21. The molecule has 126 valence electrons. The Labute approximate surface area is 136 Å². The lowest BCUT2D eigenvalue weighted by Crippen LogP contribution is -2.17. The number of nitro groups is 2. The molecule has 0 spiro atoms. The number of hydrogen-bond donors (Lipinski definition) is 1. The molecule has 10 heteroatoms. The summed E-state index contributed by atoms with van der Waals surface area (Å²) in [4.78, 5) is 32.5. The van der Waals surface area contributed by atoms with Crippen LogP contribution in [-0.4, -0.2) is 25.5 Å². The maximum Gasteiger partial charge on any atom is 0.277 e. The number of hydrogen-bond acceptors (Lipinski definition) is 6. The Kier molecular flexibility index (Phi) is 4.87. The van der Waals surface area contributed by atoms with E-state index in [1.807, 2.05) is 13.8 Å². The Hall–Kier alpha value is -3.30. The molecule has 0 bridgehead atoms. The van der Waals surface area contributed by atoms with Crippen molar-refractivity contribution >= 4 is 23.1 Å². The molecule has 10 nitrogen and oxygen atoms in total. The first-order chi connectivity index (χ1) is 11.3. The van der Waals surface area contributed by atoms with Crippen molar-refractivity contribution in [3.8, 4) is 0 Å². The molecule has 0 aliphatic carbocycles. The number of anilines is 1. The van der Waals surface area contributed by atoms with Gasteiger partial charge in [0.1, 0.15) is 5.82 Å². The Morgan fingerprint density at radius 3 is 2.33 bits per heavy atom. The van der Waals surface area contributed by atoms with Gasteiger partial charge in [0.25, 0.3) is 17.3 Å². The summed E-state index contributed by atoms with van der Waals surface area (Å²) in [6.07, 6.45) is 2.30. The summed E-state index contributed by atoms with van der Waals surface area (Å²) in [6, 6.07) is 4.41. The van der Waals surface area contributed by atoms with E-state index in [4.69, 9.17) is 0 Å². The van der Waals surface area contributed by atoms with Gasteiger partial charge in [-0.3, -0.25) is 25.0 Å². The van der Waals surface area contributed by atoms with E-state index in [2.05, 4.69) is 10.4 Å². The molecule has 1 N–H and O–H groups in total. The van der Waals surface area contributed by atoms with Crippen LogP contribution >= 0.6 is 0 Å². The highest BCUT2D eigenvalue weighted by molar-refractivity contribution is 6.04. The maximum atomic E-state index is 12.3. The number of non-ortho nitro benzene ring substituents is 2. The lowest BCUT2D eigenvalue weighted by atomic mass is 10.1. The zero-order valence-corrected chi connectivity index (χ0v) is 13.0. The quantitative estimate of drug-likeness (QED) is 0.638. The molecule has 0 aliphatic rings. The summed E-state index contributed by atoms with van der Waals surface area (Å²) >= 11 is 0. The van der Waals surface area contributed by atoms with Crippen LogP contribution in [0.3, 0.4) is 0 Å². The Bertz CT molecular complexity index is 768. The van der Waals surface area contributed by atoms with E-state index in [1.54, 1.807) is 10.7 Å². The smallest absolute Gasteiger partial charge is 0.277 e. The Balaban J connectivity index is 2.35. The fourth-order valence-electron chi connectivity index (χ4n) is 2.06. The third-order valence-electron chi connectivity index (χ3n) is 3.51. The van der Waals surface area contributed by atoms with Gasteiger partial charge in [0.15, 0.2) is 0 Å². The minimum Gasteiger partial charge on any atom is -0.307 e. The molecule has 1 atom stereocenters. The number of benzene rings is 1. The van der Waals surface area contributed by atoms with Crippen LogP contribution in [0.25, 0.3) is 0 Å². The molecular formula is C14H15N5O5. The molecule has 2 rings (SSSR count). The molecule has 1 aromatic carbocycles. The van der Waals surface area contributed by atoms with Gasteiger partial charge < -0.3 is 5.32 Å². The van der Waals surface area contributed by atoms with Crippen molar-refractivity contribution in [3.05, 3.63) is 56.3 Å². The summed E-state index contributed by atoms with van der Waals surface area (Å²) in [7, 11) is 0. The molecule has 0 saturated heterocycles. The van der Waals surface area contributed by atoms with E-state index in [0.717, 1.165) is 24.6 Å². The molecule has 0 aliphatic heterocycles. The monoisotopic (exact) mass is 333 g/mol. The van der Waals surface area contributed by atoms with Crippen LogP contribution in [-0.2, 0) is 0 Å². The van der Waals surface area contributed by atoms with Gasteiger partial charge in [-0.15, -0.1) is 0 Å². The van der Waals surface area contributed by atoms with Gasteiger partial charge in [0.05, 0.1) is 33.7 Å². The van der Waals surface area contributed by atoms with Crippen LogP contribution in [0.1, 0.15) is 36.7 Å². The van der Waals surface area contributed by atoms with Crippen molar-refractivity contribution in [2.75, 3.05) is 5.32 Å². The molecule has 0 radical (unpaired) electrons. The van der Waals surface area contributed by atoms with Gasteiger partial charge in [-0.2, -0.15) is 5.10 Å². The number of nitrogens with zero attached hydrogens (tertiary/aromatic N) is 4. The van der Waals surface area contributed by atoms with Gasteiger partial charge in [-0.1, -0.05) is 6.92 Å². The number of aromatic nitrogens is 2. The molecule has 1 heterocycles. The molecule has 0 fully saturated rings. The topological polar surface area (TPSA) is 133 Å². The van der Waals surface area contributed by atoms with Crippen LogP contribution in [0.5, 0.6) is 0 Å². The normalized spacial score (nSPS) is 11.8. The van der Waals surface area contributed by atoms with Gasteiger partial charge in [-0.05, 0) is 13.3 Å². The van der Waals surface area contributed by atoms with Crippen LogP contribution in [0, 0.1) is 20.2 Å². The lowest BCUT2D eigenvalue weighted by Gasteiger charge is -2.14. The van der Waals surface area contributed by atoms with Crippen molar-refractivity contribution in [2.45, 2.75) is 26.3 Å². The first-order valence-corrected chi connectivity index (χ1v) is 7.12. The summed E-state index contributed by atoms with van der Waals surface area (Å²) in [5.41, 5.74) is -1.22. The van der Waals surface area contributed by atoms with E-state index in [9.17, 15) is 25.0 Å². The molecule has 0 saturated carbocycles. The Morgan fingerprint density at radius 1 is 1.25 bits per heavy atom. The van der Waals surface area contributed by atoms with E-state index in [1.165, 1.54) is 6.20 Å². The highest BCUT2D eigenvalue weighted by Crippen LogP contribution is 2.24. The number of amides is 1. The number of carbonyl (C=O) groups excluding carboxylic acids is 1. The predicted octanol–water partition coefficient (Wildman–Crippen LogP) is 2.92. The van der Waals surface area contributed by atoms with E-state index >= 15 is 0 Å². The zero-order chi connectivity index (χ0) is 17.9. The second-order valence-electron chi connectivity index (χ2n) is 5.12. The maximum absolute atomic E-state index is 12.3. The first kappa shape index (κ1) is 17.1. The third kappa shape index (κ3) is 3.54. The van der Waals surface area contributed by atoms with E-state index < -0.39 is 27.1 Å². The van der Waals surface area contributed by atoms with Crippen molar-refractivity contribution < 1.29 is 14.6 Å². The van der Waals surface area contributed by atoms with Crippen LogP contribution in [0.2, 0.25) is 0 Å². The molecular weight excluding hydrogens is 318 g/mol. The van der Waals surface area contributed by atoms with Crippen molar-refractivity contribution in [1.82, 2.24) is 9.78 Å². The predicted molar refractivity (Wildman–Crippen MR) is 84.9 cm³/mol. The largest absolute Gasteiger partial charge is 0.307 e. The van der Waals surface area contributed by atoms with Crippen LogP contribution < -0.4 is 5.32 Å². The number of rotatable bonds is 6. The average Bonchev–Trinajstić information content (AvgIpc) is 3.01. The molecule has 1 aromatic heterocycles. The third-order valence-corrected chi connectivity index (χ3v) is 3.51. The molecule has 1 amide bonds. The van der Waals surface area contributed by atoms with Gasteiger partial charge in [0, 0.05) is 18.2 Å². The van der Waals surface area contributed by atoms with E-state index in [0.29, 0.717) is 5.82 Å². The zero-order valence-electron chi connectivity index (χ0n) is 13.0. The summed E-state index contributed by atoms with van der Waals surface area (Å²) in [5.74, 6) is -0.282. The Morgan fingerprint density at radius 2 is 1.83 bits per heavy atom. The van der Waals surface area contributed by atoms with Crippen LogP contribution in [0.4, 0.5) is 17.2 Å². The molecule has 24 heavy (non-hydrogen) atoms. The average molecular weight is 333 g/mol. The van der Waals surface area contributed by atoms with Crippen molar-refractivity contribution in [1.29, 1.82) is 0 Å². The standard InChI is InChI=1S/C14H15N5O5/c1-3-9(2)17-13(4-5-15-17)16-14(20)10-6-11(18(21)22)8-12(7-10)19(23)24/h4-9H,3H2,1-2H3,(H,16,20). The summed E-state index contributed by atoms with van der Waals surface area (Å²) in [5, 5.41) is 28.5. The van der Waals surface area contributed by atoms with Gasteiger partial charge in [-0.25, -0.2) is 4.68 Å². The van der Waals surface area contributed by atoms with Gasteiger partial charge >= 0.3 is 0 Å². The minimum absolute atomic E-state index is 0.0368. The molecule has 1 unspecified atom stereocenters. The number of carbonyl (C=O) groups is 1. The second kappa shape index (κ2) is 6.86. The summed E-state index contributed by atoms with van der Waals surface area (Å²) in [6.45, 7) is 3.88. The first-order valence-electron chi connectivity index (χ1n) is 7.12. The number of nitrogens with one attached hydrogen (secondary N) is 1. The fraction of sp³-hybridized carbons (Fsp3) is 0.286. The van der Waals surface area contributed by atoms with Gasteiger partial charge in [0.2, 0.25) is 0 Å². The van der Waals surface area contributed by atoms with Crippen molar-refractivity contribution in [3.63, 3.8) is 0 Å². The second-order valence-corrected chi connectivity index (χ2v) is 5.12. The number of nitro benzene ring substituents is 2. The fourth-order valence-corrected chi connectivity index (χ4v) is 2.06. The minimum atomic E-state index is -0.785. The highest BCUT2D eigenvalue weighted by atomic mass is 16.6. The molecule has 2 aromatic rings. The van der Waals surface area contributed by atoms with Crippen molar-refractivity contribution in [2.24, 2.45) is 0 Å². The summed E-state index contributed by atoms with van der Waals surface area (Å²) < 4.78 is 1.60. The lowest BCUT2D eigenvalue weighted by molar-refractivity contribution is -0.394. The SMILES string of the molecule is CCC(C)n1nccc1NC(=O)c1cc([N+](=O)[O-])cc([N+](=O)[O-])c1.